The van der Waals surface area contributed by atoms with E-state index in [1.807, 2.05) is 0 Å². The van der Waals surface area contributed by atoms with E-state index in [0.29, 0.717) is 11.6 Å². The smallest absolute Gasteiger partial charge is 0.398 e. The average Bonchev–Trinajstić information content (AvgIpc) is 2.44. The van der Waals surface area contributed by atoms with Crippen molar-refractivity contribution in [1.82, 2.24) is 0 Å². The van der Waals surface area contributed by atoms with Gasteiger partial charge in [0.1, 0.15) is 4.90 Å². The van der Waals surface area contributed by atoms with Crippen LogP contribution in [-0.4, -0.2) is 16.8 Å². The Labute approximate surface area is 152 Å². The fourth-order valence-corrected chi connectivity index (χ4v) is 5.45. The largest absolute Gasteiger partial charge is 0.418 e. The number of benzene rings is 2. The summed E-state index contributed by atoms with van der Waals surface area (Å²) < 4.78 is 88.2. The third-order valence-electron chi connectivity index (χ3n) is 3.39. The summed E-state index contributed by atoms with van der Waals surface area (Å²) in [7, 11) is -9.22. The monoisotopic (exact) mass is 428 g/mol. The first-order chi connectivity index (χ1) is 11.7. The molecule has 0 spiro atoms. The summed E-state index contributed by atoms with van der Waals surface area (Å²) in [5.74, 6) is 0. The number of aryl methyl sites for hydroxylation is 1. The first-order valence-electron chi connectivity index (χ1n) is 6.70. The topological polar surface area (TPSA) is 120 Å². The SMILES string of the molecule is Cc1ccc(S(N)(=O)=O)c(S(=O)(=O)c2cc(C(F)(F)F)c(N)cc2Cl)c1. The van der Waals surface area contributed by atoms with Crippen LogP contribution in [0.4, 0.5) is 18.9 Å². The lowest BCUT2D eigenvalue weighted by molar-refractivity contribution is -0.137. The Balaban J connectivity index is 2.88. The lowest BCUT2D eigenvalue weighted by Crippen LogP contribution is -2.18. The average molecular weight is 429 g/mol. The van der Waals surface area contributed by atoms with Crippen LogP contribution in [0.1, 0.15) is 11.1 Å². The van der Waals surface area contributed by atoms with Crippen LogP contribution >= 0.6 is 11.6 Å². The van der Waals surface area contributed by atoms with Crippen molar-refractivity contribution in [3.63, 3.8) is 0 Å². The van der Waals surface area contributed by atoms with Gasteiger partial charge in [-0.25, -0.2) is 22.0 Å². The molecular formula is C14H12ClF3N2O4S2. The van der Waals surface area contributed by atoms with Crippen molar-refractivity contribution < 1.29 is 30.0 Å². The number of anilines is 1. The first-order valence-corrected chi connectivity index (χ1v) is 10.1. The highest BCUT2D eigenvalue weighted by atomic mass is 35.5. The second-order valence-electron chi connectivity index (χ2n) is 5.37. The van der Waals surface area contributed by atoms with Gasteiger partial charge >= 0.3 is 6.18 Å². The number of nitrogens with two attached hydrogens (primary N) is 2. The zero-order valence-corrected chi connectivity index (χ0v) is 15.4. The van der Waals surface area contributed by atoms with Gasteiger partial charge in [0, 0.05) is 5.69 Å². The number of nitrogen functional groups attached to an aromatic ring is 1. The second-order valence-corrected chi connectivity index (χ2v) is 9.19. The van der Waals surface area contributed by atoms with E-state index in [4.69, 9.17) is 22.5 Å². The fourth-order valence-electron chi connectivity index (χ4n) is 2.20. The molecule has 0 fully saturated rings. The van der Waals surface area contributed by atoms with Crippen LogP contribution in [0.3, 0.4) is 0 Å². The molecule has 0 atom stereocenters. The van der Waals surface area contributed by atoms with Gasteiger partial charge in [-0.2, -0.15) is 13.2 Å². The summed E-state index contributed by atoms with van der Waals surface area (Å²) in [6, 6.07) is 4.14. The van der Waals surface area contributed by atoms with Crippen LogP contribution in [-0.2, 0) is 26.0 Å². The quantitative estimate of drug-likeness (QED) is 0.728. The van der Waals surface area contributed by atoms with Crippen LogP contribution in [0.15, 0.2) is 45.0 Å². The van der Waals surface area contributed by atoms with Crippen molar-refractivity contribution in [2.75, 3.05) is 5.73 Å². The highest BCUT2D eigenvalue weighted by Gasteiger charge is 2.36. The highest BCUT2D eigenvalue weighted by molar-refractivity contribution is 7.93. The molecule has 0 unspecified atom stereocenters. The summed E-state index contributed by atoms with van der Waals surface area (Å²) >= 11 is 5.79. The molecule has 0 aliphatic rings. The normalized spacial score (nSPS) is 13.0. The molecule has 0 saturated heterocycles. The van der Waals surface area contributed by atoms with Crippen LogP contribution in [0, 0.1) is 6.92 Å². The van der Waals surface area contributed by atoms with Crippen LogP contribution in [0.5, 0.6) is 0 Å². The number of halogens is 4. The zero-order valence-electron chi connectivity index (χ0n) is 13.0. The maximum atomic E-state index is 13.0. The fraction of sp³-hybridized carbons (Fsp3) is 0.143. The molecule has 6 nitrogen and oxygen atoms in total. The molecule has 2 rings (SSSR count). The number of sulfone groups is 1. The molecule has 2 aromatic rings. The van der Waals surface area contributed by atoms with Crippen LogP contribution in [0.25, 0.3) is 0 Å². The number of alkyl halides is 3. The lowest BCUT2D eigenvalue weighted by atomic mass is 10.2. The molecule has 0 aliphatic carbocycles. The molecule has 0 saturated carbocycles. The highest BCUT2D eigenvalue weighted by Crippen LogP contribution is 2.40. The summed E-state index contributed by atoms with van der Waals surface area (Å²) in [4.78, 5) is -2.47. The van der Waals surface area contributed by atoms with Gasteiger partial charge < -0.3 is 5.73 Å². The predicted molar refractivity (Wildman–Crippen MR) is 88.9 cm³/mol. The van der Waals surface area contributed by atoms with Gasteiger partial charge in [0.15, 0.2) is 0 Å². The third kappa shape index (κ3) is 3.80. The molecule has 12 heteroatoms. The molecule has 0 radical (unpaired) electrons. The molecule has 142 valence electrons. The van der Waals surface area contributed by atoms with Crippen LogP contribution in [0.2, 0.25) is 5.02 Å². The molecule has 4 N–H and O–H groups in total. The van der Waals surface area contributed by atoms with E-state index in [9.17, 15) is 30.0 Å². The summed E-state index contributed by atoms with van der Waals surface area (Å²) in [5, 5.41) is 4.43. The zero-order chi connectivity index (χ0) is 20.1. The minimum Gasteiger partial charge on any atom is -0.398 e. The predicted octanol–water partition coefficient (Wildman–Crippen LogP) is 2.73. The minimum absolute atomic E-state index is 0.266. The molecule has 0 amide bonds. The van der Waals surface area contributed by atoms with E-state index >= 15 is 0 Å². The number of rotatable bonds is 3. The van der Waals surface area contributed by atoms with E-state index in [0.717, 1.165) is 12.1 Å². The number of hydrogen-bond acceptors (Lipinski definition) is 5. The molecule has 0 bridgehead atoms. The molecule has 0 aliphatic heterocycles. The standard InChI is InChI=1S/C14H12ClF3N2O4S2/c1-7-2-3-11(26(20,23)24)13(4-7)25(21,22)12-5-8(14(16,17)18)10(19)6-9(12)15/h2-6H,19H2,1H3,(H2,20,23,24). The van der Waals surface area contributed by atoms with Gasteiger partial charge in [0.25, 0.3) is 0 Å². The maximum Gasteiger partial charge on any atom is 0.418 e. The number of primary sulfonamides is 1. The third-order valence-corrected chi connectivity index (χ3v) is 6.75. The summed E-state index contributed by atoms with van der Waals surface area (Å²) in [5.41, 5.74) is 3.43. The minimum atomic E-state index is -4.94. The Kier molecular flexibility index (Phi) is 5.05. The van der Waals surface area contributed by atoms with Gasteiger partial charge in [0.2, 0.25) is 19.9 Å². The first kappa shape index (κ1) is 20.5. The Morgan fingerprint density at radius 1 is 0.962 bits per heavy atom. The molecule has 0 aromatic heterocycles. The van der Waals surface area contributed by atoms with E-state index in [2.05, 4.69) is 0 Å². The van der Waals surface area contributed by atoms with Crippen molar-refractivity contribution >= 4 is 37.1 Å². The van der Waals surface area contributed by atoms with Gasteiger partial charge in [-0.3, -0.25) is 0 Å². The maximum absolute atomic E-state index is 13.0. The van der Waals surface area contributed by atoms with Gasteiger partial charge in [-0.1, -0.05) is 17.7 Å². The van der Waals surface area contributed by atoms with Crippen molar-refractivity contribution in [2.24, 2.45) is 5.14 Å². The van der Waals surface area contributed by atoms with Gasteiger partial charge in [0.05, 0.1) is 20.4 Å². The molecular weight excluding hydrogens is 417 g/mol. The lowest BCUT2D eigenvalue weighted by Gasteiger charge is -2.15. The molecule has 26 heavy (non-hydrogen) atoms. The van der Waals surface area contributed by atoms with Crippen molar-refractivity contribution in [3.8, 4) is 0 Å². The van der Waals surface area contributed by atoms with E-state index < -0.39 is 57.0 Å². The molecule has 0 heterocycles. The van der Waals surface area contributed by atoms with Gasteiger partial charge in [-0.05, 0) is 36.8 Å². The number of hydrogen-bond donors (Lipinski definition) is 2. The van der Waals surface area contributed by atoms with Gasteiger partial charge in [-0.15, -0.1) is 0 Å². The Morgan fingerprint density at radius 2 is 1.54 bits per heavy atom. The van der Waals surface area contributed by atoms with Crippen molar-refractivity contribution in [1.29, 1.82) is 0 Å². The van der Waals surface area contributed by atoms with E-state index in [1.165, 1.54) is 13.0 Å². The molecule has 2 aromatic carbocycles. The summed E-state index contributed by atoms with van der Waals surface area (Å²) in [6.45, 7) is 1.47. The Morgan fingerprint density at radius 3 is 2.04 bits per heavy atom. The van der Waals surface area contributed by atoms with E-state index in [1.54, 1.807) is 0 Å². The van der Waals surface area contributed by atoms with Crippen molar-refractivity contribution in [3.05, 3.63) is 46.5 Å². The Hall–Kier alpha value is -1.82. The van der Waals surface area contributed by atoms with Crippen LogP contribution < -0.4 is 10.9 Å². The second kappa shape index (κ2) is 6.41. The summed E-state index contributed by atoms with van der Waals surface area (Å²) in [6.07, 6.45) is -4.94. The number of sulfonamides is 1. The van der Waals surface area contributed by atoms with Crippen molar-refractivity contribution in [2.45, 2.75) is 27.8 Å². The van der Waals surface area contributed by atoms with E-state index in [-0.39, 0.29) is 6.07 Å². The Bertz CT molecular complexity index is 1100.